The lowest BCUT2D eigenvalue weighted by molar-refractivity contribution is 0.580. The van der Waals surface area contributed by atoms with Gasteiger partial charge in [-0.05, 0) is 44.9 Å². The SMILES string of the molecule is CCn1cc(CNS(=O)(=O)c2cc(C)ccc2C)c(C)n1. The first kappa shape index (κ1) is 15.7. The van der Waals surface area contributed by atoms with Crippen LogP contribution in [0.1, 0.15) is 29.3 Å². The number of sulfonamides is 1. The maximum absolute atomic E-state index is 12.4. The molecular formula is C15H21N3O2S. The minimum atomic E-state index is -3.51. The molecule has 0 spiro atoms. The molecule has 0 unspecified atom stereocenters. The Morgan fingerprint density at radius 3 is 2.57 bits per heavy atom. The van der Waals surface area contributed by atoms with E-state index in [-0.39, 0.29) is 6.54 Å². The minimum absolute atomic E-state index is 0.252. The molecule has 5 nitrogen and oxygen atoms in total. The molecule has 1 heterocycles. The smallest absolute Gasteiger partial charge is 0.241 e. The van der Waals surface area contributed by atoms with Gasteiger partial charge in [-0.3, -0.25) is 4.68 Å². The molecule has 21 heavy (non-hydrogen) atoms. The van der Waals surface area contributed by atoms with Gasteiger partial charge in [-0.1, -0.05) is 12.1 Å². The number of aryl methyl sites for hydroxylation is 4. The van der Waals surface area contributed by atoms with Gasteiger partial charge >= 0.3 is 0 Å². The lowest BCUT2D eigenvalue weighted by Gasteiger charge is -2.09. The second-order valence-corrected chi connectivity index (χ2v) is 6.92. The van der Waals surface area contributed by atoms with Gasteiger partial charge in [0.25, 0.3) is 0 Å². The van der Waals surface area contributed by atoms with Crippen molar-refractivity contribution in [3.63, 3.8) is 0 Å². The Labute approximate surface area is 126 Å². The van der Waals surface area contributed by atoms with Gasteiger partial charge in [0, 0.05) is 24.8 Å². The molecule has 0 fully saturated rings. The number of nitrogens with zero attached hydrogens (tertiary/aromatic N) is 2. The average molecular weight is 307 g/mol. The standard InChI is InChI=1S/C15H21N3O2S/c1-5-18-10-14(13(4)17-18)9-16-21(19,20)15-8-11(2)6-7-12(15)3/h6-8,10,16H,5,9H2,1-4H3. The third-order valence-corrected chi connectivity index (χ3v) is 5.00. The van der Waals surface area contributed by atoms with Crippen LogP contribution in [0.2, 0.25) is 0 Å². The highest BCUT2D eigenvalue weighted by molar-refractivity contribution is 7.89. The van der Waals surface area contributed by atoms with E-state index < -0.39 is 10.0 Å². The van der Waals surface area contributed by atoms with E-state index in [2.05, 4.69) is 9.82 Å². The fourth-order valence-corrected chi connectivity index (χ4v) is 3.48. The van der Waals surface area contributed by atoms with Crippen molar-refractivity contribution >= 4 is 10.0 Å². The van der Waals surface area contributed by atoms with Crippen LogP contribution in [0, 0.1) is 20.8 Å². The van der Waals surface area contributed by atoms with E-state index in [4.69, 9.17) is 0 Å². The molecule has 0 saturated heterocycles. The molecule has 0 bridgehead atoms. The zero-order valence-corrected chi connectivity index (χ0v) is 13.7. The molecule has 2 rings (SSSR count). The van der Waals surface area contributed by atoms with Crippen molar-refractivity contribution in [2.45, 2.75) is 45.7 Å². The van der Waals surface area contributed by atoms with E-state index in [9.17, 15) is 8.42 Å². The summed E-state index contributed by atoms with van der Waals surface area (Å²) < 4.78 is 29.3. The van der Waals surface area contributed by atoms with Crippen molar-refractivity contribution in [1.29, 1.82) is 0 Å². The second kappa shape index (κ2) is 5.99. The second-order valence-electron chi connectivity index (χ2n) is 5.19. The van der Waals surface area contributed by atoms with Gasteiger partial charge in [-0.25, -0.2) is 13.1 Å². The summed E-state index contributed by atoms with van der Waals surface area (Å²) in [7, 11) is -3.51. The molecule has 0 amide bonds. The highest BCUT2D eigenvalue weighted by Crippen LogP contribution is 2.17. The van der Waals surface area contributed by atoms with Crippen LogP contribution >= 0.6 is 0 Å². The van der Waals surface area contributed by atoms with Crippen LogP contribution in [0.25, 0.3) is 0 Å². The van der Waals surface area contributed by atoms with Crippen molar-refractivity contribution in [1.82, 2.24) is 14.5 Å². The third-order valence-electron chi connectivity index (χ3n) is 3.46. The Morgan fingerprint density at radius 2 is 1.95 bits per heavy atom. The molecule has 0 aliphatic rings. The lowest BCUT2D eigenvalue weighted by atomic mass is 10.2. The maximum Gasteiger partial charge on any atom is 0.241 e. The van der Waals surface area contributed by atoms with E-state index in [1.807, 2.05) is 39.1 Å². The van der Waals surface area contributed by atoms with Gasteiger partial charge in [-0.2, -0.15) is 5.10 Å². The summed E-state index contributed by atoms with van der Waals surface area (Å²) in [6, 6.07) is 5.42. The summed E-state index contributed by atoms with van der Waals surface area (Å²) in [6.45, 7) is 8.58. The monoisotopic (exact) mass is 307 g/mol. The molecule has 0 radical (unpaired) electrons. The first-order chi connectivity index (χ1) is 9.83. The predicted molar refractivity (Wildman–Crippen MR) is 82.6 cm³/mol. The fourth-order valence-electron chi connectivity index (χ4n) is 2.14. The van der Waals surface area contributed by atoms with Gasteiger partial charge in [0.1, 0.15) is 0 Å². The summed E-state index contributed by atoms with van der Waals surface area (Å²) in [6.07, 6.45) is 1.88. The Bertz CT molecular complexity index is 748. The summed E-state index contributed by atoms with van der Waals surface area (Å²) in [5, 5.41) is 4.32. The predicted octanol–water partition coefficient (Wildman–Crippen LogP) is 2.31. The number of hydrogen-bond acceptors (Lipinski definition) is 3. The summed E-state index contributed by atoms with van der Waals surface area (Å²) in [5.74, 6) is 0. The molecule has 0 atom stereocenters. The zero-order chi connectivity index (χ0) is 15.6. The molecule has 114 valence electrons. The molecule has 0 aliphatic carbocycles. The first-order valence-electron chi connectivity index (χ1n) is 6.93. The molecule has 6 heteroatoms. The quantitative estimate of drug-likeness (QED) is 0.922. The van der Waals surface area contributed by atoms with Crippen molar-refractivity contribution < 1.29 is 8.42 Å². The molecule has 2 aromatic rings. The van der Waals surface area contributed by atoms with E-state index in [1.165, 1.54) is 0 Å². The van der Waals surface area contributed by atoms with E-state index in [0.29, 0.717) is 4.90 Å². The summed E-state index contributed by atoms with van der Waals surface area (Å²) in [5.41, 5.74) is 3.41. The van der Waals surface area contributed by atoms with Crippen molar-refractivity contribution in [3.8, 4) is 0 Å². The molecule has 0 saturated carbocycles. The van der Waals surface area contributed by atoms with E-state index >= 15 is 0 Å². The summed E-state index contributed by atoms with van der Waals surface area (Å²) in [4.78, 5) is 0.336. The number of benzene rings is 1. The number of nitrogens with one attached hydrogen (secondary N) is 1. The average Bonchev–Trinajstić information content (AvgIpc) is 2.80. The number of hydrogen-bond donors (Lipinski definition) is 1. The van der Waals surface area contributed by atoms with Crippen molar-refractivity contribution in [2.24, 2.45) is 0 Å². The van der Waals surface area contributed by atoms with Crippen molar-refractivity contribution in [2.75, 3.05) is 0 Å². The number of aromatic nitrogens is 2. The molecule has 1 N–H and O–H groups in total. The Morgan fingerprint density at radius 1 is 1.24 bits per heavy atom. The van der Waals surface area contributed by atoms with Crippen LogP contribution in [-0.2, 0) is 23.1 Å². The van der Waals surface area contributed by atoms with Gasteiger partial charge in [0.15, 0.2) is 0 Å². The van der Waals surface area contributed by atoms with Gasteiger partial charge in [-0.15, -0.1) is 0 Å². The Kier molecular flexibility index (Phi) is 4.49. The Hall–Kier alpha value is -1.66. The minimum Gasteiger partial charge on any atom is -0.272 e. The van der Waals surface area contributed by atoms with Gasteiger partial charge in [0.05, 0.1) is 10.6 Å². The third kappa shape index (κ3) is 3.51. The van der Waals surface area contributed by atoms with Crippen molar-refractivity contribution in [3.05, 3.63) is 46.8 Å². The van der Waals surface area contributed by atoms with Crippen LogP contribution in [-0.4, -0.2) is 18.2 Å². The van der Waals surface area contributed by atoms with Crippen LogP contribution in [0.4, 0.5) is 0 Å². The molecule has 1 aromatic carbocycles. The normalized spacial score (nSPS) is 11.8. The highest BCUT2D eigenvalue weighted by Gasteiger charge is 2.17. The lowest BCUT2D eigenvalue weighted by Crippen LogP contribution is -2.24. The maximum atomic E-state index is 12.4. The summed E-state index contributed by atoms with van der Waals surface area (Å²) >= 11 is 0. The number of rotatable bonds is 5. The van der Waals surface area contributed by atoms with E-state index in [1.54, 1.807) is 17.7 Å². The molecular weight excluding hydrogens is 286 g/mol. The van der Waals surface area contributed by atoms with Gasteiger partial charge < -0.3 is 0 Å². The largest absolute Gasteiger partial charge is 0.272 e. The zero-order valence-electron chi connectivity index (χ0n) is 12.8. The topological polar surface area (TPSA) is 64.0 Å². The van der Waals surface area contributed by atoms with Crippen LogP contribution < -0.4 is 4.72 Å². The first-order valence-corrected chi connectivity index (χ1v) is 8.41. The fraction of sp³-hybridized carbons (Fsp3) is 0.400. The van der Waals surface area contributed by atoms with Crippen LogP contribution in [0.3, 0.4) is 0 Å². The van der Waals surface area contributed by atoms with Crippen LogP contribution in [0.15, 0.2) is 29.3 Å². The molecule has 1 aromatic heterocycles. The van der Waals surface area contributed by atoms with E-state index in [0.717, 1.165) is 28.9 Å². The molecule has 0 aliphatic heterocycles. The Balaban J connectivity index is 2.21. The highest BCUT2D eigenvalue weighted by atomic mass is 32.2. The van der Waals surface area contributed by atoms with Gasteiger partial charge in [0.2, 0.25) is 10.0 Å². The van der Waals surface area contributed by atoms with Crippen LogP contribution in [0.5, 0.6) is 0 Å².